The Kier molecular flexibility index (Phi) is 1.82. The first-order valence-electron chi connectivity index (χ1n) is 3.75. The summed E-state index contributed by atoms with van der Waals surface area (Å²) < 4.78 is 5.23. The molecule has 0 aliphatic heterocycles. The summed E-state index contributed by atoms with van der Waals surface area (Å²) in [7, 11) is 0. The summed E-state index contributed by atoms with van der Waals surface area (Å²) in [6.45, 7) is 0. The summed E-state index contributed by atoms with van der Waals surface area (Å²) >= 11 is 5.50. The van der Waals surface area contributed by atoms with Gasteiger partial charge in [-0.25, -0.2) is 0 Å². The monoisotopic (exact) mass is 172 g/mol. The van der Waals surface area contributed by atoms with Gasteiger partial charge in [-0.05, 0) is 18.8 Å². The fraction of sp³-hybridized carbons (Fsp3) is 0.714. The van der Waals surface area contributed by atoms with E-state index in [0.29, 0.717) is 11.8 Å². The maximum atomic E-state index is 5.50. The molecule has 3 nitrogen and oxygen atoms in total. The van der Waals surface area contributed by atoms with E-state index < -0.39 is 0 Å². The van der Waals surface area contributed by atoms with Gasteiger partial charge in [-0.2, -0.15) is 0 Å². The fourth-order valence-corrected chi connectivity index (χ4v) is 1.10. The average Bonchev–Trinajstić information content (AvgIpc) is 2.68. The van der Waals surface area contributed by atoms with Crippen molar-refractivity contribution in [2.75, 3.05) is 0 Å². The number of nitrogens with zero attached hydrogens (tertiary/aromatic N) is 2. The van der Waals surface area contributed by atoms with Gasteiger partial charge in [0, 0.05) is 6.42 Å². The zero-order chi connectivity index (χ0) is 7.68. The number of alkyl halides is 1. The molecule has 0 radical (unpaired) electrons. The third kappa shape index (κ3) is 1.71. The van der Waals surface area contributed by atoms with E-state index in [2.05, 4.69) is 10.2 Å². The van der Waals surface area contributed by atoms with Crippen molar-refractivity contribution in [2.45, 2.75) is 25.1 Å². The fourth-order valence-electron chi connectivity index (χ4n) is 0.994. The van der Waals surface area contributed by atoms with Gasteiger partial charge in [0.1, 0.15) is 5.88 Å². The van der Waals surface area contributed by atoms with Crippen LogP contribution in [0.2, 0.25) is 0 Å². The van der Waals surface area contributed by atoms with E-state index in [1.54, 1.807) is 0 Å². The van der Waals surface area contributed by atoms with Gasteiger partial charge < -0.3 is 4.42 Å². The maximum absolute atomic E-state index is 5.50. The lowest BCUT2D eigenvalue weighted by molar-refractivity contribution is 0.454. The van der Waals surface area contributed by atoms with Crippen molar-refractivity contribution < 1.29 is 4.42 Å². The minimum Gasteiger partial charge on any atom is -0.424 e. The molecule has 0 amide bonds. The molecule has 2 rings (SSSR count). The van der Waals surface area contributed by atoms with E-state index in [9.17, 15) is 0 Å². The Hall–Kier alpha value is -0.570. The first kappa shape index (κ1) is 7.10. The summed E-state index contributed by atoms with van der Waals surface area (Å²) in [5.74, 6) is 2.38. The minimum absolute atomic E-state index is 0.317. The van der Waals surface area contributed by atoms with Crippen molar-refractivity contribution in [3.05, 3.63) is 11.8 Å². The van der Waals surface area contributed by atoms with E-state index in [0.717, 1.165) is 18.2 Å². The first-order valence-corrected chi connectivity index (χ1v) is 4.29. The number of hydrogen-bond acceptors (Lipinski definition) is 3. The summed E-state index contributed by atoms with van der Waals surface area (Å²) in [6.07, 6.45) is 3.54. The molecule has 0 bridgehead atoms. The smallest absolute Gasteiger partial charge is 0.231 e. The first-order chi connectivity index (χ1) is 5.38. The number of rotatable bonds is 3. The Balaban J connectivity index is 1.99. The van der Waals surface area contributed by atoms with Crippen LogP contribution in [0.25, 0.3) is 0 Å². The highest BCUT2D eigenvalue weighted by molar-refractivity contribution is 6.16. The van der Waals surface area contributed by atoms with Crippen molar-refractivity contribution in [3.63, 3.8) is 0 Å². The van der Waals surface area contributed by atoms with Crippen LogP contribution in [-0.4, -0.2) is 10.2 Å². The van der Waals surface area contributed by atoms with E-state index in [1.807, 2.05) is 0 Å². The molecule has 4 heteroatoms. The van der Waals surface area contributed by atoms with E-state index in [4.69, 9.17) is 16.0 Å². The Morgan fingerprint density at radius 2 is 2.09 bits per heavy atom. The zero-order valence-corrected chi connectivity index (χ0v) is 6.84. The third-order valence-corrected chi connectivity index (χ3v) is 2.01. The molecule has 0 N–H and O–H groups in total. The Labute approximate surface area is 69.8 Å². The molecule has 1 fully saturated rings. The lowest BCUT2D eigenvalue weighted by atomic mass is 10.3. The van der Waals surface area contributed by atoms with Crippen molar-refractivity contribution in [3.8, 4) is 0 Å². The standard InChI is InChI=1S/C7H9ClN2O/c8-4-7-10-9-6(11-7)3-5-1-2-5/h5H,1-4H2. The minimum atomic E-state index is 0.317. The van der Waals surface area contributed by atoms with E-state index in [-0.39, 0.29) is 0 Å². The summed E-state index contributed by atoms with van der Waals surface area (Å²) in [4.78, 5) is 0. The molecule has 1 aliphatic carbocycles. The van der Waals surface area contributed by atoms with Gasteiger partial charge in [0.2, 0.25) is 11.8 Å². The van der Waals surface area contributed by atoms with Crippen LogP contribution in [0.15, 0.2) is 4.42 Å². The van der Waals surface area contributed by atoms with Crippen molar-refractivity contribution in [1.29, 1.82) is 0 Å². The highest BCUT2D eigenvalue weighted by atomic mass is 35.5. The molecular weight excluding hydrogens is 164 g/mol. The van der Waals surface area contributed by atoms with Crippen LogP contribution in [0, 0.1) is 5.92 Å². The predicted molar refractivity (Wildman–Crippen MR) is 40.3 cm³/mol. The lowest BCUT2D eigenvalue weighted by Gasteiger charge is -1.86. The van der Waals surface area contributed by atoms with Crippen LogP contribution in [0.1, 0.15) is 24.6 Å². The highest BCUT2D eigenvalue weighted by Crippen LogP contribution is 2.32. The van der Waals surface area contributed by atoms with Crippen LogP contribution in [0.5, 0.6) is 0 Å². The molecule has 1 aromatic rings. The number of hydrogen-bond donors (Lipinski definition) is 0. The number of halogens is 1. The van der Waals surface area contributed by atoms with Crippen molar-refractivity contribution in [2.24, 2.45) is 5.92 Å². The molecule has 11 heavy (non-hydrogen) atoms. The van der Waals surface area contributed by atoms with Crippen LogP contribution in [0.3, 0.4) is 0 Å². The summed E-state index contributed by atoms with van der Waals surface area (Å²) in [5, 5.41) is 7.63. The molecule has 0 spiro atoms. The second-order valence-electron chi connectivity index (χ2n) is 2.87. The highest BCUT2D eigenvalue weighted by Gasteiger charge is 2.24. The second kappa shape index (κ2) is 2.81. The van der Waals surface area contributed by atoms with Gasteiger partial charge >= 0.3 is 0 Å². The normalized spacial score (nSPS) is 17.2. The maximum Gasteiger partial charge on any atom is 0.231 e. The van der Waals surface area contributed by atoms with E-state index in [1.165, 1.54) is 12.8 Å². The summed E-state index contributed by atoms with van der Waals surface area (Å²) in [5.41, 5.74) is 0. The Morgan fingerprint density at radius 3 is 2.64 bits per heavy atom. The summed E-state index contributed by atoms with van der Waals surface area (Å²) in [6, 6.07) is 0. The molecule has 0 saturated heterocycles. The molecular formula is C7H9ClN2O. The molecule has 1 saturated carbocycles. The molecule has 0 aromatic carbocycles. The van der Waals surface area contributed by atoms with Crippen LogP contribution in [-0.2, 0) is 12.3 Å². The molecule has 1 aromatic heterocycles. The van der Waals surface area contributed by atoms with Gasteiger partial charge in [0.25, 0.3) is 0 Å². The van der Waals surface area contributed by atoms with Crippen LogP contribution >= 0.6 is 11.6 Å². The zero-order valence-electron chi connectivity index (χ0n) is 6.09. The average molecular weight is 173 g/mol. The predicted octanol–water partition coefficient (Wildman–Crippen LogP) is 1.76. The largest absolute Gasteiger partial charge is 0.424 e. The molecule has 60 valence electrons. The molecule has 0 atom stereocenters. The van der Waals surface area contributed by atoms with Crippen LogP contribution < -0.4 is 0 Å². The van der Waals surface area contributed by atoms with Crippen LogP contribution in [0.4, 0.5) is 0 Å². The Bertz CT molecular complexity index is 244. The second-order valence-corrected chi connectivity index (χ2v) is 3.14. The number of aromatic nitrogens is 2. The SMILES string of the molecule is ClCc1nnc(CC2CC2)o1. The lowest BCUT2D eigenvalue weighted by Crippen LogP contribution is -1.85. The van der Waals surface area contributed by atoms with Gasteiger partial charge in [-0.15, -0.1) is 21.8 Å². The Morgan fingerprint density at radius 1 is 1.36 bits per heavy atom. The topological polar surface area (TPSA) is 38.9 Å². The van der Waals surface area contributed by atoms with Crippen molar-refractivity contribution in [1.82, 2.24) is 10.2 Å². The van der Waals surface area contributed by atoms with E-state index >= 15 is 0 Å². The third-order valence-electron chi connectivity index (χ3n) is 1.78. The molecule has 1 aliphatic rings. The van der Waals surface area contributed by atoms with Gasteiger partial charge in [0.15, 0.2) is 0 Å². The van der Waals surface area contributed by atoms with Gasteiger partial charge in [0.05, 0.1) is 0 Å². The van der Waals surface area contributed by atoms with Gasteiger partial charge in [-0.1, -0.05) is 0 Å². The molecule has 1 heterocycles. The van der Waals surface area contributed by atoms with Crippen molar-refractivity contribution >= 4 is 11.6 Å². The molecule has 0 unspecified atom stereocenters. The quantitative estimate of drug-likeness (QED) is 0.653. The van der Waals surface area contributed by atoms with Gasteiger partial charge in [-0.3, -0.25) is 0 Å².